The highest BCUT2D eigenvalue weighted by molar-refractivity contribution is 9.10. The number of para-hydroxylation sites is 1. The molecule has 0 fully saturated rings. The van der Waals surface area contributed by atoms with Gasteiger partial charge in [-0.1, -0.05) is 12.1 Å². The molecular formula is C14H17BrN2O4S. The Kier molecular flexibility index (Phi) is 8.64. The molecule has 1 amide bonds. The summed E-state index contributed by atoms with van der Waals surface area (Å²) in [4.78, 5) is 23.0. The van der Waals surface area contributed by atoms with Gasteiger partial charge in [-0.2, -0.15) is 0 Å². The van der Waals surface area contributed by atoms with Crippen molar-refractivity contribution >= 4 is 50.8 Å². The van der Waals surface area contributed by atoms with Crippen molar-refractivity contribution in [1.29, 1.82) is 0 Å². The van der Waals surface area contributed by atoms with E-state index in [1.54, 1.807) is 0 Å². The van der Waals surface area contributed by atoms with Crippen molar-refractivity contribution in [3.05, 3.63) is 28.7 Å². The van der Waals surface area contributed by atoms with E-state index in [9.17, 15) is 9.59 Å². The lowest BCUT2D eigenvalue weighted by molar-refractivity contribution is -0.146. The molecule has 0 spiro atoms. The lowest BCUT2D eigenvalue weighted by atomic mass is 10.3. The third-order valence-corrected chi connectivity index (χ3v) is 3.38. The van der Waals surface area contributed by atoms with Gasteiger partial charge in [0.25, 0.3) is 0 Å². The fraction of sp³-hybridized carbons (Fsp3) is 0.357. The van der Waals surface area contributed by atoms with Crippen LogP contribution >= 0.6 is 28.1 Å². The molecule has 0 radical (unpaired) electrons. The van der Waals surface area contributed by atoms with Crippen molar-refractivity contribution in [1.82, 2.24) is 5.32 Å². The predicted molar refractivity (Wildman–Crippen MR) is 90.6 cm³/mol. The maximum atomic E-state index is 11.7. The van der Waals surface area contributed by atoms with Crippen LogP contribution in [0.3, 0.4) is 0 Å². The monoisotopic (exact) mass is 388 g/mol. The van der Waals surface area contributed by atoms with Crippen LogP contribution in [0, 0.1) is 0 Å². The molecule has 22 heavy (non-hydrogen) atoms. The summed E-state index contributed by atoms with van der Waals surface area (Å²) in [5, 5.41) is 5.57. The quantitative estimate of drug-likeness (QED) is 0.423. The molecule has 0 aromatic heterocycles. The zero-order valence-corrected chi connectivity index (χ0v) is 14.5. The van der Waals surface area contributed by atoms with Crippen LogP contribution < -0.4 is 10.6 Å². The second-order valence-corrected chi connectivity index (χ2v) is 5.46. The summed E-state index contributed by atoms with van der Waals surface area (Å²) in [6.07, 6.45) is -0.00319. The summed E-state index contributed by atoms with van der Waals surface area (Å²) in [7, 11) is 1.51. The highest BCUT2D eigenvalue weighted by Crippen LogP contribution is 2.20. The Bertz CT molecular complexity index is 539. The van der Waals surface area contributed by atoms with E-state index in [4.69, 9.17) is 21.7 Å². The molecule has 0 saturated carbocycles. The third kappa shape index (κ3) is 7.48. The molecule has 6 nitrogen and oxygen atoms in total. The minimum absolute atomic E-state index is 0.00357. The summed E-state index contributed by atoms with van der Waals surface area (Å²) < 4.78 is 10.4. The minimum Gasteiger partial charge on any atom is -0.463 e. The Morgan fingerprint density at radius 2 is 1.95 bits per heavy atom. The number of amides is 1. The molecule has 0 atom stereocenters. The number of carbonyl (C=O) groups is 2. The second kappa shape index (κ2) is 10.3. The summed E-state index contributed by atoms with van der Waals surface area (Å²) in [5.74, 6) is -0.801. The first kappa shape index (κ1) is 18.5. The Balaban J connectivity index is 2.28. The van der Waals surface area contributed by atoms with Crippen LogP contribution in [0.5, 0.6) is 0 Å². The van der Waals surface area contributed by atoms with Crippen LogP contribution in [0.1, 0.15) is 12.8 Å². The molecule has 0 saturated heterocycles. The number of rotatable bonds is 7. The molecule has 8 heteroatoms. The first-order valence-electron chi connectivity index (χ1n) is 6.53. The second-order valence-electron chi connectivity index (χ2n) is 4.20. The Morgan fingerprint density at radius 3 is 2.64 bits per heavy atom. The number of carbonyl (C=O) groups excluding carboxylic acids is 2. The molecule has 0 aliphatic rings. The van der Waals surface area contributed by atoms with Gasteiger partial charge < -0.3 is 20.1 Å². The van der Waals surface area contributed by atoms with Gasteiger partial charge in [0.05, 0.1) is 18.7 Å². The van der Waals surface area contributed by atoms with Crippen LogP contribution in [-0.4, -0.2) is 37.3 Å². The average molecular weight is 389 g/mol. The van der Waals surface area contributed by atoms with E-state index in [2.05, 4.69) is 26.6 Å². The fourth-order valence-corrected chi connectivity index (χ4v) is 2.04. The number of hydrogen-bond acceptors (Lipinski definition) is 5. The molecule has 1 aromatic carbocycles. The van der Waals surface area contributed by atoms with Crippen LogP contribution in [0.25, 0.3) is 0 Å². The summed E-state index contributed by atoms with van der Waals surface area (Å²) >= 11 is 8.41. The smallest absolute Gasteiger partial charge is 0.306 e. The molecule has 120 valence electrons. The molecule has 1 aromatic rings. The molecule has 0 heterocycles. The van der Waals surface area contributed by atoms with Crippen molar-refractivity contribution in [2.45, 2.75) is 12.8 Å². The van der Waals surface area contributed by atoms with Crippen molar-refractivity contribution in [2.75, 3.05) is 25.6 Å². The number of anilines is 1. The Hall–Kier alpha value is -1.51. The number of nitrogens with one attached hydrogen (secondary N) is 2. The van der Waals surface area contributed by atoms with Gasteiger partial charge in [0, 0.05) is 18.0 Å². The molecule has 0 unspecified atom stereocenters. The minimum atomic E-state index is -0.447. The first-order chi connectivity index (χ1) is 10.5. The van der Waals surface area contributed by atoms with Crippen LogP contribution in [0.4, 0.5) is 5.69 Å². The van der Waals surface area contributed by atoms with Crippen molar-refractivity contribution in [3.8, 4) is 0 Å². The van der Waals surface area contributed by atoms with Gasteiger partial charge in [0.15, 0.2) is 5.11 Å². The molecule has 1 rings (SSSR count). The van der Waals surface area contributed by atoms with Gasteiger partial charge in [0.1, 0.15) is 6.61 Å². The van der Waals surface area contributed by atoms with Gasteiger partial charge in [-0.05, 0) is 40.3 Å². The maximum absolute atomic E-state index is 11.7. The highest BCUT2D eigenvalue weighted by atomic mass is 79.9. The first-order valence-corrected chi connectivity index (χ1v) is 7.73. The van der Waals surface area contributed by atoms with Gasteiger partial charge in [-0.25, -0.2) is 0 Å². The molecule has 0 aliphatic carbocycles. The molecule has 0 bridgehead atoms. The molecule has 2 N–H and O–H groups in total. The number of methoxy groups -OCH3 is 1. The standard InChI is InChI=1S/C14H17BrN2O4S/c1-20-8-9-21-13(19)7-6-12(18)17-14(22)16-11-5-3-2-4-10(11)15/h2-5H,6-9H2,1H3,(H2,16,17,18,22). The number of thiocarbonyl (C=S) groups is 1. The van der Waals surface area contributed by atoms with Crippen molar-refractivity contribution in [3.63, 3.8) is 0 Å². The number of hydrogen-bond donors (Lipinski definition) is 2. The summed E-state index contributed by atoms with van der Waals surface area (Å²) in [5.41, 5.74) is 0.742. The number of ether oxygens (including phenoxy) is 2. The molecule has 0 aliphatic heterocycles. The number of benzene rings is 1. The molecular weight excluding hydrogens is 372 g/mol. The number of esters is 1. The lowest BCUT2D eigenvalue weighted by Gasteiger charge is -2.10. The Morgan fingerprint density at radius 1 is 1.23 bits per heavy atom. The van der Waals surface area contributed by atoms with Crippen molar-refractivity contribution < 1.29 is 19.1 Å². The third-order valence-electron chi connectivity index (χ3n) is 2.48. The summed E-state index contributed by atoms with van der Waals surface area (Å²) in [6.45, 7) is 0.511. The summed E-state index contributed by atoms with van der Waals surface area (Å²) in [6, 6.07) is 7.37. The van der Waals surface area contributed by atoms with Crippen molar-refractivity contribution in [2.24, 2.45) is 0 Å². The lowest BCUT2D eigenvalue weighted by Crippen LogP contribution is -2.34. The van der Waals surface area contributed by atoms with Gasteiger partial charge >= 0.3 is 5.97 Å². The zero-order valence-electron chi connectivity index (χ0n) is 12.1. The van der Waals surface area contributed by atoms with Gasteiger partial charge in [-0.15, -0.1) is 0 Å². The van der Waals surface area contributed by atoms with E-state index >= 15 is 0 Å². The van der Waals surface area contributed by atoms with Crippen LogP contribution in [0.15, 0.2) is 28.7 Å². The van der Waals surface area contributed by atoms with Crippen LogP contribution in [-0.2, 0) is 19.1 Å². The van der Waals surface area contributed by atoms with Gasteiger partial charge in [-0.3, -0.25) is 9.59 Å². The largest absolute Gasteiger partial charge is 0.463 e. The fourth-order valence-electron chi connectivity index (χ4n) is 1.43. The maximum Gasteiger partial charge on any atom is 0.306 e. The SMILES string of the molecule is COCCOC(=O)CCC(=O)NC(=S)Nc1ccccc1Br. The van der Waals surface area contributed by atoms with E-state index in [0.29, 0.717) is 6.61 Å². The van der Waals surface area contributed by atoms with Gasteiger partial charge in [0.2, 0.25) is 5.91 Å². The zero-order chi connectivity index (χ0) is 16.4. The average Bonchev–Trinajstić information content (AvgIpc) is 2.48. The number of halogens is 1. The van der Waals surface area contributed by atoms with E-state index in [-0.39, 0.29) is 30.5 Å². The highest BCUT2D eigenvalue weighted by Gasteiger charge is 2.10. The van der Waals surface area contributed by atoms with E-state index < -0.39 is 5.97 Å². The normalized spacial score (nSPS) is 9.91. The predicted octanol–water partition coefficient (Wildman–Crippen LogP) is 2.23. The van der Waals surface area contributed by atoms with E-state index in [1.165, 1.54) is 7.11 Å². The van der Waals surface area contributed by atoms with Crippen LogP contribution in [0.2, 0.25) is 0 Å². The topological polar surface area (TPSA) is 76.7 Å². The van der Waals surface area contributed by atoms with E-state index in [1.807, 2.05) is 24.3 Å². The van der Waals surface area contributed by atoms with E-state index in [0.717, 1.165) is 10.2 Å². The Labute approximate surface area is 142 Å².